The summed E-state index contributed by atoms with van der Waals surface area (Å²) in [4.78, 5) is 33.4. The van der Waals surface area contributed by atoms with Crippen LogP contribution < -0.4 is 14.2 Å². The van der Waals surface area contributed by atoms with E-state index in [0.717, 1.165) is 37.8 Å². The number of nitrogens with zero attached hydrogens (tertiary/aromatic N) is 3. The van der Waals surface area contributed by atoms with Crippen LogP contribution in [0.25, 0.3) is 6.08 Å². The fourth-order valence-corrected chi connectivity index (χ4v) is 4.35. The molecule has 0 unspecified atom stereocenters. The third kappa shape index (κ3) is 5.95. The van der Waals surface area contributed by atoms with Crippen molar-refractivity contribution in [3.05, 3.63) is 22.6 Å². The van der Waals surface area contributed by atoms with Gasteiger partial charge < -0.3 is 28.7 Å². The normalized spacial score (nSPS) is 18.4. The first kappa shape index (κ1) is 23.9. The predicted molar refractivity (Wildman–Crippen MR) is 123 cm³/mol. The van der Waals surface area contributed by atoms with Gasteiger partial charge in [0.25, 0.3) is 5.91 Å². The summed E-state index contributed by atoms with van der Waals surface area (Å²) in [5, 5.41) is 0.741. The van der Waals surface area contributed by atoms with Crippen LogP contribution >= 0.6 is 11.8 Å². The van der Waals surface area contributed by atoms with Gasteiger partial charge in [-0.3, -0.25) is 4.79 Å². The molecule has 0 radical (unpaired) electrons. The lowest BCUT2D eigenvalue weighted by Crippen LogP contribution is -2.32. The molecule has 32 heavy (non-hydrogen) atoms. The van der Waals surface area contributed by atoms with Gasteiger partial charge in [-0.05, 0) is 62.5 Å². The molecule has 10 heteroatoms. The van der Waals surface area contributed by atoms with E-state index in [1.54, 1.807) is 25.1 Å². The van der Waals surface area contributed by atoms with Gasteiger partial charge in [-0.1, -0.05) is 0 Å². The molecular weight excluding hydrogens is 434 g/mol. The number of thioether (sulfide) groups is 1. The van der Waals surface area contributed by atoms with Crippen LogP contribution in [0.2, 0.25) is 0 Å². The van der Waals surface area contributed by atoms with E-state index in [1.165, 1.54) is 26.0 Å². The lowest BCUT2D eigenvalue weighted by Gasteiger charge is -2.20. The number of rotatable bonds is 7. The molecule has 2 aliphatic rings. The Balaban J connectivity index is 1.77. The Morgan fingerprint density at radius 2 is 1.88 bits per heavy atom. The SMILES string of the molecule is CCOC(=O)COc1c(OC)cc(/C=C2\SC(N3CCCN(C)CC3)=NC2=O)cc1OC. The Morgan fingerprint density at radius 3 is 2.53 bits per heavy atom. The smallest absolute Gasteiger partial charge is 0.344 e. The average molecular weight is 464 g/mol. The standard InChI is InChI=1S/C22H29N3O6S/c1-5-30-19(26)14-31-20-16(28-3)11-15(12-17(20)29-4)13-18-21(27)23-22(32-18)25-8-6-7-24(2)9-10-25/h11-13H,5-10,14H2,1-4H3/b18-13-. The maximum atomic E-state index is 12.5. The summed E-state index contributed by atoms with van der Waals surface area (Å²) in [6.45, 7) is 5.43. The van der Waals surface area contributed by atoms with Crippen LogP contribution in [-0.4, -0.2) is 87.5 Å². The molecule has 2 aliphatic heterocycles. The summed E-state index contributed by atoms with van der Waals surface area (Å²) >= 11 is 1.38. The second kappa shape index (κ2) is 11.2. The van der Waals surface area contributed by atoms with Crippen LogP contribution in [0.4, 0.5) is 0 Å². The maximum Gasteiger partial charge on any atom is 0.344 e. The summed E-state index contributed by atoms with van der Waals surface area (Å²) in [5.74, 6) is 0.310. The van der Waals surface area contributed by atoms with E-state index in [-0.39, 0.29) is 19.1 Å². The molecule has 0 spiro atoms. The summed E-state index contributed by atoms with van der Waals surface area (Å²) in [6.07, 6.45) is 2.79. The first-order chi connectivity index (χ1) is 15.4. The molecule has 1 aromatic rings. The van der Waals surface area contributed by atoms with Gasteiger partial charge in [-0.15, -0.1) is 0 Å². The number of carbonyl (C=O) groups is 2. The second-order valence-corrected chi connectivity index (χ2v) is 8.31. The lowest BCUT2D eigenvalue weighted by atomic mass is 10.1. The quantitative estimate of drug-likeness (QED) is 0.446. The van der Waals surface area contributed by atoms with E-state index < -0.39 is 5.97 Å². The Morgan fingerprint density at radius 1 is 1.16 bits per heavy atom. The average Bonchev–Trinajstić information content (AvgIpc) is 2.99. The Labute approximate surface area is 192 Å². The molecule has 0 N–H and O–H groups in total. The predicted octanol–water partition coefficient (Wildman–Crippen LogP) is 2.25. The zero-order valence-electron chi connectivity index (χ0n) is 18.9. The molecule has 1 aromatic carbocycles. The topological polar surface area (TPSA) is 89.9 Å². The molecule has 3 rings (SSSR count). The maximum absolute atomic E-state index is 12.5. The van der Waals surface area contributed by atoms with Crippen molar-refractivity contribution in [1.29, 1.82) is 0 Å². The van der Waals surface area contributed by atoms with Gasteiger partial charge in [0, 0.05) is 19.6 Å². The first-order valence-electron chi connectivity index (χ1n) is 10.5. The van der Waals surface area contributed by atoms with Crippen molar-refractivity contribution in [2.75, 3.05) is 60.7 Å². The number of amides is 1. The number of carbonyl (C=O) groups excluding carboxylic acids is 2. The van der Waals surface area contributed by atoms with Gasteiger partial charge in [0.05, 0.1) is 25.7 Å². The number of hydrogen-bond donors (Lipinski definition) is 0. The van der Waals surface area contributed by atoms with Gasteiger partial charge >= 0.3 is 5.97 Å². The molecule has 0 bridgehead atoms. The van der Waals surface area contributed by atoms with E-state index in [9.17, 15) is 9.59 Å². The van der Waals surface area contributed by atoms with E-state index in [0.29, 0.717) is 27.7 Å². The molecule has 0 aromatic heterocycles. The van der Waals surface area contributed by atoms with Crippen LogP contribution in [0.3, 0.4) is 0 Å². The molecule has 1 saturated heterocycles. The molecular formula is C22H29N3O6S. The Hall–Kier alpha value is -2.72. The summed E-state index contributed by atoms with van der Waals surface area (Å²) < 4.78 is 21.3. The van der Waals surface area contributed by atoms with Gasteiger partial charge in [0.1, 0.15) is 0 Å². The van der Waals surface area contributed by atoms with Crippen molar-refractivity contribution in [1.82, 2.24) is 9.80 Å². The van der Waals surface area contributed by atoms with E-state index >= 15 is 0 Å². The van der Waals surface area contributed by atoms with Crippen LogP contribution in [0.1, 0.15) is 18.9 Å². The van der Waals surface area contributed by atoms with Crippen molar-refractivity contribution in [2.24, 2.45) is 4.99 Å². The van der Waals surface area contributed by atoms with Crippen molar-refractivity contribution in [3.8, 4) is 17.2 Å². The minimum atomic E-state index is -0.486. The highest BCUT2D eigenvalue weighted by Crippen LogP contribution is 2.40. The fourth-order valence-electron chi connectivity index (χ4n) is 3.38. The monoisotopic (exact) mass is 463 g/mol. The number of ether oxygens (including phenoxy) is 4. The largest absolute Gasteiger partial charge is 0.493 e. The first-order valence-corrected chi connectivity index (χ1v) is 11.3. The van der Waals surface area contributed by atoms with Gasteiger partial charge in [0.2, 0.25) is 5.75 Å². The van der Waals surface area contributed by atoms with Crippen LogP contribution in [0, 0.1) is 0 Å². The highest BCUT2D eigenvalue weighted by atomic mass is 32.2. The number of amidine groups is 1. The third-order valence-corrected chi connectivity index (χ3v) is 6.06. The Bertz CT molecular complexity index is 892. The minimum Gasteiger partial charge on any atom is -0.493 e. The minimum absolute atomic E-state index is 0.261. The van der Waals surface area contributed by atoms with Crippen LogP contribution in [0.5, 0.6) is 17.2 Å². The number of benzene rings is 1. The molecule has 0 aliphatic carbocycles. The van der Waals surface area contributed by atoms with Crippen LogP contribution in [0.15, 0.2) is 22.0 Å². The molecule has 1 fully saturated rings. The number of aliphatic imine (C=N–C) groups is 1. The van der Waals surface area contributed by atoms with Crippen molar-refractivity contribution >= 4 is 34.9 Å². The molecule has 2 heterocycles. The van der Waals surface area contributed by atoms with Crippen molar-refractivity contribution in [2.45, 2.75) is 13.3 Å². The summed E-state index contributed by atoms with van der Waals surface area (Å²) in [7, 11) is 5.09. The van der Waals surface area contributed by atoms with Gasteiger partial charge in [-0.2, -0.15) is 4.99 Å². The molecule has 9 nitrogen and oxygen atoms in total. The van der Waals surface area contributed by atoms with Gasteiger partial charge in [0.15, 0.2) is 23.3 Å². The molecule has 0 atom stereocenters. The summed E-state index contributed by atoms with van der Waals surface area (Å²) in [5.41, 5.74) is 0.699. The highest BCUT2D eigenvalue weighted by molar-refractivity contribution is 8.18. The van der Waals surface area contributed by atoms with Crippen molar-refractivity contribution < 1.29 is 28.5 Å². The highest BCUT2D eigenvalue weighted by Gasteiger charge is 2.27. The third-order valence-electron chi connectivity index (χ3n) is 5.02. The Kier molecular flexibility index (Phi) is 8.40. The van der Waals surface area contributed by atoms with E-state index in [1.807, 2.05) is 0 Å². The second-order valence-electron chi connectivity index (χ2n) is 7.30. The zero-order chi connectivity index (χ0) is 23.1. The molecule has 1 amide bonds. The van der Waals surface area contributed by atoms with E-state index in [2.05, 4.69) is 21.8 Å². The van der Waals surface area contributed by atoms with Crippen LogP contribution in [-0.2, 0) is 14.3 Å². The number of methoxy groups -OCH3 is 2. The molecule has 174 valence electrons. The zero-order valence-corrected chi connectivity index (χ0v) is 19.7. The lowest BCUT2D eigenvalue weighted by molar-refractivity contribution is -0.145. The van der Waals surface area contributed by atoms with Gasteiger partial charge in [-0.25, -0.2) is 4.79 Å². The number of likely N-dealkylation sites (N-methyl/N-ethyl adjacent to an activating group) is 1. The van der Waals surface area contributed by atoms with Crippen molar-refractivity contribution in [3.63, 3.8) is 0 Å². The fraction of sp³-hybridized carbons (Fsp3) is 0.500. The van der Waals surface area contributed by atoms with E-state index in [4.69, 9.17) is 18.9 Å². The molecule has 0 saturated carbocycles. The summed E-state index contributed by atoms with van der Waals surface area (Å²) in [6, 6.07) is 3.45. The number of esters is 1. The number of hydrogen-bond acceptors (Lipinski definition) is 9.